The first kappa shape index (κ1) is 21.8. The van der Waals surface area contributed by atoms with Crippen molar-refractivity contribution in [1.29, 1.82) is 0 Å². The molecule has 1 aliphatic rings. The SMILES string of the molecule is CC(Oc1ccc(C(C)(C)c2ccccc2)cc1)C(=O)N1CCN(c2ncccn2)CC1. The summed E-state index contributed by atoms with van der Waals surface area (Å²) in [7, 11) is 0. The molecule has 2 heterocycles. The van der Waals surface area contributed by atoms with Crippen LogP contribution in [0, 0.1) is 0 Å². The summed E-state index contributed by atoms with van der Waals surface area (Å²) in [4.78, 5) is 25.5. The lowest BCUT2D eigenvalue weighted by atomic mass is 9.78. The van der Waals surface area contributed by atoms with Crippen molar-refractivity contribution in [1.82, 2.24) is 14.9 Å². The van der Waals surface area contributed by atoms with Crippen LogP contribution in [-0.2, 0) is 10.2 Å². The molecule has 2 aromatic carbocycles. The zero-order valence-electron chi connectivity index (χ0n) is 18.9. The van der Waals surface area contributed by atoms with Crippen LogP contribution in [0.2, 0.25) is 0 Å². The molecule has 1 aliphatic heterocycles. The van der Waals surface area contributed by atoms with E-state index in [1.807, 2.05) is 30.0 Å². The number of benzene rings is 2. The molecule has 4 rings (SSSR count). The molecule has 3 aromatic rings. The average Bonchev–Trinajstić information content (AvgIpc) is 2.85. The van der Waals surface area contributed by atoms with E-state index in [2.05, 4.69) is 65.1 Å². The molecule has 166 valence electrons. The normalized spacial score (nSPS) is 15.3. The molecule has 1 saturated heterocycles. The van der Waals surface area contributed by atoms with Crippen molar-refractivity contribution in [3.05, 3.63) is 84.2 Å². The van der Waals surface area contributed by atoms with Crippen LogP contribution in [0.5, 0.6) is 5.75 Å². The number of piperazine rings is 1. The number of aromatic nitrogens is 2. The Morgan fingerprint density at radius 2 is 1.47 bits per heavy atom. The predicted octanol–water partition coefficient (Wildman–Crippen LogP) is 3.92. The van der Waals surface area contributed by atoms with Gasteiger partial charge in [0, 0.05) is 44.0 Å². The maximum Gasteiger partial charge on any atom is 0.263 e. The number of hydrogen-bond acceptors (Lipinski definition) is 5. The van der Waals surface area contributed by atoms with Crippen molar-refractivity contribution in [2.24, 2.45) is 0 Å². The van der Waals surface area contributed by atoms with Crippen LogP contribution in [0.1, 0.15) is 31.9 Å². The minimum atomic E-state index is -0.539. The Morgan fingerprint density at radius 3 is 2.09 bits per heavy atom. The molecule has 6 nitrogen and oxygen atoms in total. The summed E-state index contributed by atoms with van der Waals surface area (Å²) in [6.45, 7) is 8.94. The second-order valence-corrected chi connectivity index (χ2v) is 8.64. The molecule has 1 fully saturated rings. The molecule has 0 radical (unpaired) electrons. The maximum absolute atomic E-state index is 12.9. The van der Waals surface area contributed by atoms with Gasteiger partial charge in [0.05, 0.1) is 0 Å². The van der Waals surface area contributed by atoms with E-state index >= 15 is 0 Å². The highest BCUT2D eigenvalue weighted by atomic mass is 16.5. The third kappa shape index (κ3) is 4.74. The number of ether oxygens (including phenoxy) is 1. The summed E-state index contributed by atoms with van der Waals surface area (Å²) in [5.74, 6) is 1.42. The minimum Gasteiger partial charge on any atom is -0.481 e. The highest BCUT2D eigenvalue weighted by molar-refractivity contribution is 5.81. The molecular formula is C26H30N4O2. The first-order valence-corrected chi connectivity index (χ1v) is 11.1. The van der Waals surface area contributed by atoms with Gasteiger partial charge < -0.3 is 14.5 Å². The van der Waals surface area contributed by atoms with Crippen LogP contribution in [0.4, 0.5) is 5.95 Å². The van der Waals surface area contributed by atoms with Crippen molar-refractivity contribution in [2.75, 3.05) is 31.1 Å². The van der Waals surface area contributed by atoms with E-state index in [0.29, 0.717) is 37.9 Å². The summed E-state index contributed by atoms with van der Waals surface area (Å²) in [5, 5.41) is 0. The molecule has 0 saturated carbocycles. The lowest BCUT2D eigenvalue weighted by molar-refractivity contribution is -0.138. The molecular weight excluding hydrogens is 400 g/mol. The van der Waals surface area contributed by atoms with Gasteiger partial charge >= 0.3 is 0 Å². The number of anilines is 1. The summed E-state index contributed by atoms with van der Waals surface area (Å²) in [5.41, 5.74) is 2.36. The molecule has 1 aromatic heterocycles. The fourth-order valence-electron chi connectivity index (χ4n) is 4.06. The lowest BCUT2D eigenvalue weighted by Crippen LogP contribution is -2.52. The van der Waals surface area contributed by atoms with Crippen LogP contribution in [0.3, 0.4) is 0 Å². The van der Waals surface area contributed by atoms with Gasteiger partial charge in [-0.1, -0.05) is 56.3 Å². The second kappa shape index (κ2) is 9.39. The van der Waals surface area contributed by atoms with Crippen LogP contribution >= 0.6 is 0 Å². The summed E-state index contributed by atoms with van der Waals surface area (Å²) < 4.78 is 5.98. The van der Waals surface area contributed by atoms with E-state index < -0.39 is 6.10 Å². The molecule has 0 aliphatic carbocycles. The smallest absolute Gasteiger partial charge is 0.263 e. The van der Waals surface area contributed by atoms with Crippen molar-refractivity contribution >= 4 is 11.9 Å². The zero-order chi connectivity index (χ0) is 22.6. The van der Waals surface area contributed by atoms with Gasteiger partial charge in [-0.25, -0.2) is 9.97 Å². The highest BCUT2D eigenvalue weighted by Crippen LogP contribution is 2.32. The first-order chi connectivity index (χ1) is 15.4. The van der Waals surface area contributed by atoms with Crippen LogP contribution in [-0.4, -0.2) is 53.1 Å². The number of carbonyl (C=O) groups is 1. The Morgan fingerprint density at radius 1 is 0.875 bits per heavy atom. The van der Waals surface area contributed by atoms with Gasteiger partial charge in [-0.05, 0) is 36.2 Å². The number of carbonyl (C=O) groups excluding carboxylic acids is 1. The highest BCUT2D eigenvalue weighted by Gasteiger charge is 2.27. The number of nitrogens with zero attached hydrogens (tertiary/aromatic N) is 4. The van der Waals surface area contributed by atoms with E-state index in [0.717, 1.165) is 0 Å². The molecule has 32 heavy (non-hydrogen) atoms. The molecule has 0 spiro atoms. The van der Waals surface area contributed by atoms with Crippen molar-refractivity contribution in [2.45, 2.75) is 32.3 Å². The topological polar surface area (TPSA) is 58.6 Å². The molecule has 6 heteroatoms. The van der Waals surface area contributed by atoms with Gasteiger partial charge in [0.15, 0.2) is 6.10 Å². The maximum atomic E-state index is 12.9. The lowest BCUT2D eigenvalue weighted by Gasteiger charge is -2.35. The van der Waals surface area contributed by atoms with Crippen LogP contribution in [0.25, 0.3) is 0 Å². The Bertz CT molecular complexity index is 1010. The number of hydrogen-bond donors (Lipinski definition) is 0. The Hall–Kier alpha value is -3.41. The van der Waals surface area contributed by atoms with Crippen LogP contribution < -0.4 is 9.64 Å². The third-order valence-electron chi connectivity index (χ3n) is 6.16. The van der Waals surface area contributed by atoms with Gasteiger partial charge in [0.25, 0.3) is 5.91 Å². The summed E-state index contributed by atoms with van der Waals surface area (Å²) >= 11 is 0. The van der Waals surface area contributed by atoms with Crippen LogP contribution in [0.15, 0.2) is 73.1 Å². The molecule has 1 atom stereocenters. The largest absolute Gasteiger partial charge is 0.481 e. The molecule has 1 amide bonds. The van der Waals surface area contributed by atoms with Crippen molar-refractivity contribution < 1.29 is 9.53 Å². The van der Waals surface area contributed by atoms with Gasteiger partial charge in [0.1, 0.15) is 5.75 Å². The number of amides is 1. The van der Waals surface area contributed by atoms with E-state index in [4.69, 9.17) is 4.74 Å². The minimum absolute atomic E-state index is 0.00678. The molecule has 0 bridgehead atoms. The quantitative estimate of drug-likeness (QED) is 0.593. The fourth-order valence-corrected chi connectivity index (χ4v) is 4.06. The van der Waals surface area contributed by atoms with E-state index in [1.54, 1.807) is 18.5 Å². The fraction of sp³-hybridized carbons (Fsp3) is 0.346. The number of rotatable bonds is 6. The zero-order valence-corrected chi connectivity index (χ0v) is 18.9. The second-order valence-electron chi connectivity index (χ2n) is 8.64. The monoisotopic (exact) mass is 430 g/mol. The Labute approximate surface area is 189 Å². The average molecular weight is 431 g/mol. The van der Waals surface area contributed by atoms with Crippen molar-refractivity contribution in [3.8, 4) is 5.75 Å². The van der Waals surface area contributed by atoms with E-state index in [-0.39, 0.29) is 11.3 Å². The van der Waals surface area contributed by atoms with E-state index in [9.17, 15) is 4.79 Å². The van der Waals surface area contributed by atoms with Gasteiger partial charge in [-0.2, -0.15) is 0 Å². The van der Waals surface area contributed by atoms with Gasteiger partial charge in [0.2, 0.25) is 5.95 Å². The summed E-state index contributed by atoms with van der Waals surface area (Å²) in [6.07, 6.45) is 2.94. The molecule has 0 N–H and O–H groups in total. The van der Waals surface area contributed by atoms with Gasteiger partial charge in [-0.15, -0.1) is 0 Å². The Balaban J connectivity index is 1.34. The Kier molecular flexibility index (Phi) is 6.40. The predicted molar refractivity (Wildman–Crippen MR) is 126 cm³/mol. The first-order valence-electron chi connectivity index (χ1n) is 11.1. The molecule has 1 unspecified atom stereocenters. The van der Waals surface area contributed by atoms with Gasteiger partial charge in [-0.3, -0.25) is 4.79 Å². The van der Waals surface area contributed by atoms with E-state index in [1.165, 1.54) is 11.1 Å². The third-order valence-corrected chi connectivity index (χ3v) is 6.16. The standard InChI is InChI=1S/C26H30N4O2/c1-20(24(31)29-16-18-30(19-17-29)25-27-14-7-15-28-25)32-23-12-10-22(11-13-23)26(2,3)21-8-5-4-6-9-21/h4-15,20H,16-19H2,1-3H3. The van der Waals surface area contributed by atoms with Crippen molar-refractivity contribution in [3.63, 3.8) is 0 Å². The summed E-state index contributed by atoms with van der Waals surface area (Å²) in [6, 6.07) is 20.3.